The van der Waals surface area contributed by atoms with Crippen LogP contribution in [0.3, 0.4) is 0 Å². The Kier molecular flexibility index (Phi) is 9.15. The van der Waals surface area contributed by atoms with E-state index in [1.165, 1.54) is 24.8 Å². The Bertz CT molecular complexity index is 703. The summed E-state index contributed by atoms with van der Waals surface area (Å²) in [6.07, 6.45) is 13.2. The van der Waals surface area contributed by atoms with E-state index in [9.17, 15) is 9.90 Å². The lowest BCUT2D eigenvalue weighted by Crippen LogP contribution is -2.54. The number of likely N-dealkylation sites (tertiary alicyclic amines) is 1. The molecule has 0 spiro atoms. The van der Waals surface area contributed by atoms with Gasteiger partial charge in [-0.1, -0.05) is 68.2 Å². The van der Waals surface area contributed by atoms with Crippen LogP contribution < -0.4 is 5.32 Å². The van der Waals surface area contributed by atoms with Gasteiger partial charge in [-0.05, 0) is 57.4 Å². The highest BCUT2D eigenvalue weighted by molar-refractivity contribution is 5.87. The SMILES string of the molecule is CCCC/C(C)=C\CCN1CCC(NC(=O)C(O)(c2ccccc2)C2CCCC2)CC1. The van der Waals surface area contributed by atoms with Crippen molar-refractivity contribution >= 4 is 5.91 Å². The van der Waals surface area contributed by atoms with E-state index in [0.717, 1.165) is 70.1 Å². The van der Waals surface area contributed by atoms with Gasteiger partial charge in [0.15, 0.2) is 5.60 Å². The maximum absolute atomic E-state index is 13.4. The van der Waals surface area contributed by atoms with Gasteiger partial charge in [0, 0.05) is 31.6 Å². The summed E-state index contributed by atoms with van der Waals surface area (Å²) in [5, 5.41) is 14.9. The van der Waals surface area contributed by atoms with Gasteiger partial charge in [0.1, 0.15) is 0 Å². The number of hydrogen-bond donors (Lipinski definition) is 2. The zero-order chi connectivity index (χ0) is 22.1. The van der Waals surface area contributed by atoms with Crippen LogP contribution in [-0.4, -0.2) is 41.6 Å². The Hall–Kier alpha value is -1.65. The molecule has 1 heterocycles. The molecule has 4 nitrogen and oxygen atoms in total. The standard InChI is InChI=1S/C27H42N2O2/c1-3-4-11-22(2)12-10-19-29-20-17-25(18-21-29)28-26(30)27(31,24-15-8-9-16-24)23-13-6-5-7-14-23/h5-7,12-14,24-25,31H,3-4,8-11,15-21H2,1-2H3,(H,28,30)/b22-12-. The smallest absolute Gasteiger partial charge is 0.257 e. The molecule has 4 heteroatoms. The van der Waals surface area contributed by atoms with Crippen LogP contribution in [0.15, 0.2) is 42.0 Å². The predicted octanol–water partition coefficient (Wildman–Crippen LogP) is 5.17. The molecular formula is C27H42N2O2. The zero-order valence-electron chi connectivity index (χ0n) is 19.6. The highest BCUT2D eigenvalue weighted by atomic mass is 16.3. The largest absolute Gasteiger partial charge is 0.375 e. The van der Waals surface area contributed by atoms with Gasteiger partial charge < -0.3 is 15.3 Å². The van der Waals surface area contributed by atoms with Crippen LogP contribution in [0, 0.1) is 5.92 Å². The molecule has 31 heavy (non-hydrogen) atoms. The van der Waals surface area contributed by atoms with Gasteiger partial charge in [0.05, 0.1) is 0 Å². The molecule has 1 amide bonds. The van der Waals surface area contributed by atoms with Gasteiger partial charge in [-0.2, -0.15) is 0 Å². The maximum atomic E-state index is 13.4. The summed E-state index contributed by atoms with van der Waals surface area (Å²) in [6, 6.07) is 9.72. The molecular weight excluding hydrogens is 384 g/mol. The topological polar surface area (TPSA) is 52.6 Å². The summed E-state index contributed by atoms with van der Waals surface area (Å²) in [6.45, 7) is 7.61. The first kappa shape index (κ1) is 24.0. The minimum atomic E-state index is -1.41. The summed E-state index contributed by atoms with van der Waals surface area (Å²) in [7, 11) is 0. The lowest BCUT2D eigenvalue weighted by Gasteiger charge is -2.37. The van der Waals surface area contributed by atoms with Crippen molar-refractivity contribution in [2.24, 2.45) is 5.92 Å². The highest BCUT2D eigenvalue weighted by Crippen LogP contribution is 2.41. The van der Waals surface area contributed by atoms with Crippen molar-refractivity contribution < 1.29 is 9.90 Å². The summed E-state index contributed by atoms with van der Waals surface area (Å²) < 4.78 is 0. The monoisotopic (exact) mass is 426 g/mol. The third-order valence-corrected chi connectivity index (χ3v) is 7.29. The van der Waals surface area contributed by atoms with Crippen LogP contribution in [0.5, 0.6) is 0 Å². The first-order valence-electron chi connectivity index (χ1n) is 12.5. The third kappa shape index (κ3) is 6.43. The van der Waals surface area contributed by atoms with Crippen LogP contribution in [0.1, 0.15) is 83.6 Å². The summed E-state index contributed by atoms with van der Waals surface area (Å²) >= 11 is 0. The second-order valence-electron chi connectivity index (χ2n) is 9.65. The van der Waals surface area contributed by atoms with E-state index in [1.807, 2.05) is 30.3 Å². The quantitative estimate of drug-likeness (QED) is 0.507. The van der Waals surface area contributed by atoms with E-state index >= 15 is 0 Å². The van der Waals surface area contributed by atoms with Gasteiger partial charge in [0.25, 0.3) is 5.91 Å². The first-order valence-corrected chi connectivity index (χ1v) is 12.5. The number of unbranched alkanes of at least 4 members (excludes halogenated alkanes) is 1. The lowest BCUT2D eigenvalue weighted by atomic mass is 9.79. The number of rotatable bonds is 10. The average molecular weight is 427 g/mol. The van der Waals surface area contributed by atoms with E-state index in [1.54, 1.807) is 0 Å². The van der Waals surface area contributed by atoms with Gasteiger partial charge in [-0.15, -0.1) is 0 Å². The van der Waals surface area contributed by atoms with Crippen molar-refractivity contribution in [3.8, 4) is 0 Å². The van der Waals surface area contributed by atoms with E-state index in [2.05, 4.69) is 30.1 Å². The number of allylic oxidation sites excluding steroid dienone is 1. The van der Waals surface area contributed by atoms with Crippen molar-refractivity contribution in [2.45, 2.75) is 89.7 Å². The van der Waals surface area contributed by atoms with Gasteiger partial charge in [-0.3, -0.25) is 4.79 Å². The number of piperidine rings is 1. The number of aliphatic hydroxyl groups is 1. The minimum absolute atomic E-state index is 0.0118. The van der Waals surface area contributed by atoms with E-state index in [4.69, 9.17) is 0 Å². The number of carbonyl (C=O) groups excluding carboxylic acids is 1. The third-order valence-electron chi connectivity index (χ3n) is 7.29. The van der Waals surface area contributed by atoms with Crippen molar-refractivity contribution in [1.29, 1.82) is 0 Å². The van der Waals surface area contributed by atoms with Gasteiger partial charge >= 0.3 is 0 Å². The Balaban J connectivity index is 1.51. The van der Waals surface area contributed by atoms with Gasteiger partial charge in [0.2, 0.25) is 0 Å². The second-order valence-corrected chi connectivity index (χ2v) is 9.65. The number of nitrogens with one attached hydrogen (secondary N) is 1. The maximum Gasteiger partial charge on any atom is 0.257 e. The fourth-order valence-corrected chi connectivity index (χ4v) is 5.24. The molecule has 0 aromatic heterocycles. The molecule has 1 saturated heterocycles. The average Bonchev–Trinajstić information content (AvgIpc) is 3.34. The molecule has 0 radical (unpaired) electrons. The van der Waals surface area contributed by atoms with Gasteiger partial charge in [-0.25, -0.2) is 0 Å². The molecule has 0 bridgehead atoms. The number of hydrogen-bond acceptors (Lipinski definition) is 3. The van der Waals surface area contributed by atoms with Crippen molar-refractivity contribution in [1.82, 2.24) is 10.2 Å². The fourth-order valence-electron chi connectivity index (χ4n) is 5.24. The van der Waals surface area contributed by atoms with E-state index in [0.29, 0.717) is 0 Å². The number of amides is 1. The van der Waals surface area contributed by atoms with Crippen LogP contribution >= 0.6 is 0 Å². The summed E-state index contributed by atoms with van der Waals surface area (Å²) in [5.74, 6) is -0.184. The molecule has 1 unspecified atom stereocenters. The second kappa shape index (κ2) is 11.8. The lowest BCUT2D eigenvalue weighted by molar-refractivity contribution is -0.148. The summed E-state index contributed by atoms with van der Waals surface area (Å²) in [5.41, 5.74) is 0.841. The molecule has 1 aliphatic carbocycles. The molecule has 1 saturated carbocycles. The Morgan fingerprint density at radius 2 is 1.84 bits per heavy atom. The molecule has 1 atom stereocenters. The summed E-state index contributed by atoms with van der Waals surface area (Å²) in [4.78, 5) is 15.9. The van der Waals surface area contributed by atoms with Crippen LogP contribution in [0.4, 0.5) is 0 Å². The molecule has 1 aromatic carbocycles. The van der Waals surface area contributed by atoms with Crippen molar-refractivity contribution in [2.75, 3.05) is 19.6 Å². The van der Waals surface area contributed by atoms with E-state index < -0.39 is 5.60 Å². The zero-order valence-corrected chi connectivity index (χ0v) is 19.6. The fraction of sp³-hybridized carbons (Fsp3) is 0.667. The highest BCUT2D eigenvalue weighted by Gasteiger charge is 2.46. The Morgan fingerprint density at radius 1 is 1.16 bits per heavy atom. The molecule has 2 fully saturated rings. The minimum Gasteiger partial charge on any atom is -0.375 e. The van der Waals surface area contributed by atoms with Crippen LogP contribution in [0.25, 0.3) is 0 Å². The normalized spacial score (nSPS) is 21.2. The Labute approximate surface area is 189 Å². The molecule has 172 valence electrons. The number of carbonyl (C=O) groups is 1. The predicted molar refractivity (Wildman–Crippen MR) is 128 cm³/mol. The Morgan fingerprint density at radius 3 is 2.48 bits per heavy atom. The number of benzene rings is 1. The molecule has 1 aromatic rings. The first-order chi connectivity index (χ1) is 15.0. The van der Waals surface area contributed by atoms with Crippen molar-refractivity contribution in [3.63, 3.8) is 0 Å². The van der Waals surface area contributed by atoms with E-state index in [-0.39, 0.29) is 17.9 Å². The van der Waals surface area contributed by atoms with Crippen LogP contribution in [0.2, 0.25) is 0 Å². The molecule has 2 aliphatic rings. The molecule has 3 rings (SSSR count). The molecule has 2 N–H and O–H groups in total. The number of nitrogens with zero attached hydrogens (tertiary/aromatic N) is 1. The van der Waals surface area contributed by atoms with Crippen LogP contribution in [-0.2, 0) is 10.4 Å². The van der Waals surface area contributed by atoms with Crippen molar-refractivity contribution in [3.05, 3.63) is 47.5 Å². The molecule has 1 aliphatic heterocycles.